The van der Waals surface area contributed by atoms with Gasteiger partial charge in [0.1, 0.15) is 35.0 Å². The highest BCUT2D eigenvalue weighted by molar-refractivity contribution is 5.93. The molecule has 0 saturated carbocycles. The van der Waals surface area contributed by atoms with Gasteiger partial charge in [-0.25, -0.2) is 9.59 Å². The van der Waals surface area contributed by atoms with Gasteiger partial charge in [-0.3, -0.25) is 9.59 Å². The van der Waals surface area contributed by atoms with Crippen LogP contribution in [0.2, 0.25) is 0 Å². The Bertz CT molecular complexity index is 1780. The minimum absolute atomic E-state index is 0. The molecule has 358 valence electrons. The van der Waals surface area contributed by atoms with Crippen LogP contribution in [0.1, 0.15) is 148 Å². The predicted octanol–water partition coefficient (Wildman–Crippen LogP) is 11.2. The van der Waals surface area contributed by atoms with Crippen LogP contribution < -0.4 is 9.47 Å². The molecule has 1 aliphatic heterocycles. The molecule has 1 heterocycles. The van der Waals surface area contributed by atoms with Gasteiger partial charge in [0.15, 0.2) is 6.29 Å². The Hall–Kier alpha value is -5.14. The van der Waals surface area contributed by atoms with Gasteiger partial charge in [0, 0.05) is 0 Å². The molecule has 1 fully saturated rings. The molecule has 63 heavy (non-hydrogen) atoms. The molecular formula is C50H80O13. The molecular weight excluding hydrogens is 809 g/mol. The summed E-state index contributed by atoms with van der Waals surface area (Å²) < 4.78 is 41.5. The summed E-state index contributed by atoms with van der Waals surface area (Å²) >= 11 is 0. The van der Waals surface area contributed by atoms with Gasteiger partial charge >= 0.3 is 23.9 Å². The summed E-state index contributed by atoms with van der Waals surface area (Å²) in [6, 6.07) is 20.2. The van der Waals surface area contributed by atoms with Crippen molar-refractivity contribution in [2.24, 2.45) is 10.8 Å². The van der Waals surface area contributed by atoms with Crippen molar-refractivity contribution in [3.63, 3.8) is 0 Å². The van der Waals surface area contributed by atoms with Crippen LogP contribution in [0.25, 0.3) is 0 Å². The number of benzene rings is 3. The van der Waals surface area contributed by atoms with Gasteiger partial charge in [-0.1, -0.05) is 94.7 Å². The maximum absolute atomic E-state index is 12.1. The number of phenols is 1. The summed E-state index contributed by atoms with van der Waals surface area (Å²) in [5.74, 6) is 0.337. The first kappa shape index (κ1) is 62.2. The molecule has 13 nitrogen and oxygen atoms in total. The van der Waals surface area contributed by atoms with Gasteiger partial charge < -0.3 is 43.0 Å². The van der Waals surface area contributed by atoms with Crippen molar-refractivity contribution < 1.29 is 62.2 Å². The summed E-state index contributed by atoms with van der Waals surface area (Å²) in [6.07, 6.45) is 2.43. The zero-order chi connectivity index (χ0) is 44.2. The van der Waals surface area contributed by atoms with Crippen molar-refractivity contribution in [1.29, 1.82) is 0 Å². The van der Waals surface area contributed by atoms with E-state index in [0.717, 1.165) is 29.7 Å². The lowest BCUT2D eigenvalue weighted by Gasteiger charge is -2.42. The fraction of sp³-hybridized carbons (Fsp3) is 0.560. The smallest absolute Gasteiger partial charge is 0.341 e. The van der Waals surface area contributed by atoms with Crippen molar-refractivity contribution in [2.45, 2.75) is 122 Å². The molecule has 1 aliphatic rings. The van der Waals surface area contributed by atoms with Gasteiger partial charge in [-0.05, 0) is 98.9 Å². The fourth-order valence-corrected chi connectivity index (χ4v) is 6.35. The highest BCUT2D eigenvalue weighted by atomic mass is 16.7. The number of esters is 4. The Morgan fingerprint density at radius 3 is 1.71 bits per heavy atom. The molecule has 5 atom stereocenters. The molecule has 0 amide bonds. The van der Waals surface area contributed by atoms with E-state index in [1.807, 2.05) is 55.5 Å². The number of para-hydroxylation sites is 1. The molecule has 13 heteroatoms. The summed E-state index contributed by atoms with van der Waals surface area (Å²) in [4.78, 5) is 47.1. The van der Waals surface area contributed by atoms with Crippen LogP contribution in [0, 0.1) is 10.8 Å². The number of carbonyl (C=O) groups is 4. The van der Waals surface area contributed by atoms with Gasteiger partial charge in [-0.2, -0.15) is 0 Å². The number of methoxy groups -OCH3 is 4. The first-order valence-electron chi connectivity index (χ1n) is 19.9. The van der Waals surface area contributed by atoms with Crippen molar-refractivity contribution in [3.05, 3.63) is 89.0 Å². The van der Waals surface area contributed by atoms with Crippen LogP contribution in [0.5, 0.6) is 17.2 Å². The lowest BCUT2D eigenvalue weighted by molar-refractivity contribution is -0.181. The second-order valence-corrected chi connectivity index (χ2v) is 14.7. The van der Waals surface area contributed by atoms with Crippen molar-refractivity contribution >= 4 is 23.9 Å². The van der Waals surface area contributed by atoms with Crippen LogP contribution in [0.3, 0.4) is 0 Å². The molecule has 0 aromatic heterocycles. The van der Waals surface area contributed by atoms with Crippen molar-refractivity contribution in [3.8, 4) is 17.2 Å². The number of phenolic OH excluding ortho intramolecular Hbond substituents is 1. The number of hydrogen-bond donors (Lipinski definition) is 1. The second kappa shape index (κ2) is 30.8. The highest BCUT2D eigenvalue weighted by Gasteiger charge is 2.51. The Balaban J connectivity index is -0.000000876. The number of ether oxygens (including phenoxy) is 8. The van der Waals surface area contributed by atoms with E-state index >= 15 is 0 Å². The Kier molecular flexibility index (Phi) is 30.4. The Morgan fingerprint density at radius 1 is 0.683 bits per heavy atom. The third-order valence-corrected chi connectivity index (χ3v) is 10.4. The van der Waals surface area contributed by atoms with Crippen molar-refractivity contribution in [1.82, 2.24) is 0 Å². The van der Waals surface area contributed by atoms with Gasteiger partial charge in [0.25, 0.3) is 0 Å². The normalized spacial score (nSPS) is 17.3. The minimum atomic E-state index is -0.781. The van der Waals surface area contributed by atoms with Crippen molar-refractivity contribution in [2.75, 3.05) is 54.9 Å². The van der Waals surface area contributed by atoms with Crippen LogP contribution >= 0.6 is 0 Å². The molecule has 0 bridgehead atoms. The molecule has 3 aromatic carbocycles. The van der Waals surface area contributed by atoms with E-state index in [-0.39, 0.29) is 59.6 Å². The highest BCUT2D eigenvalue weighted by Crippen LogP contribution is 2.43. The topological polar surface area (TPSA) is 162 Å². The average Bonchev–Trinajstić information content (AvgIpc) is 3.27. The number of rotatable bonds is 16. The Morgan fingerprint density at radius 2 is 1.21 bits per heavy atom. The maximum Gasteiger partial charge on any atom is 0.341 e. The van der Waals surface area contributed by atoms with E-state index in [0.29, 0.717) is 55.8 Å². The molecule has 1 saturated heterocycles. The lowest BCUT2D eigenvalue weighted by atomic mass is 9.69. The Labute approximate surface area is 379 Å². The molecule has 0 radical (unpaired) electrons. The summed E-state index contributed by atoms with van der Waals surface area (Å²) in [6.45, 7) is 15.2. The zero-order valence-electron chi connectivity index (χ0n) is 36.6. The number of hydrogen-bond acceptors (Lipinski definition) is 13. The van der Waals surface area contributed by atoms with E-state index in [1.165, 1.54) is 34.5 Å². The minimum Gasteiger partial charge on any atom is -0.507 e. The van der Waals surface area contributed by atoms with E-state index < -0.39 is 29.1 Å². The first-order chi connectivity index (χ1) is 28.1. The predicted molar refractivity (Wildman–Crippen MR) is 250 cm³/mol. The van der Waals surface area contributed by atoms with Gasteiger partial charge in [0.2, 0.25) is 0 Å². The summed E-state index contributed by atoms with van der Waals surface area (Å²) in [5, 5.41) is 9.49. The number of carbonyl (C=O) groups excluding carboxylic acids is 4. The molecule has 5 unspecified atom stereocenters. The van der Waals surface area contributed by atoms with E-state index in [2.05, 4.69) is 32.4 Å². The third-order valence-electron chi connectivity index (χ3n) is 10.4. The standard InChI is InChI=1S/C22H28O5.C12H20O5.C12H16O3.4CH4/c1-5-16(2)18-11-12-21(20(15-18)22(23)24-4)27-17(3)25-13-14-26-19-9-7-6-8-10-19;1-5-12(10(14)16-4)6-11(2,7-17-8-12)9(13)15-3;1-4-8(2)9-5-6-11(13)10(7-9)12(14)15-3;;;;/h6-12,15-17H,5,13-14H2,1-4H3;5-8H2,1-4H3;5-8,13H,4H2,1-3H3;4*1H4. The van der Waals surface area contributed by atoms with Gasteiger partial charge in [-0.15, -0.1) is 0 Å². The lowest BCUT2D eigenvalue weighted by Crippen LogP contribution is -2.50. The third kappa shape index (κ3) is 18.2. The molecule has 4 rings (SSSR count). The quantitative estimate of drug-likeness (QED) is 0.0626. The number of aromatic hydroxyl groups is 1. The molecule has 0 aliphatic carbocycles. The van der Waals surface area contributed by atoms with Crippen LogP contribution in [-0.4, -0.2) is 90.1 Å². The average molecular weight is 889 g/mol. The monoisotopic (exact) mass is 889 g/mol. The maximum atomic E-state index is 12.1. The largest absolute Gasteiger partial charge is 0.507 e. The first-order valence-corrected chi connectivity index (χ1v) is 19.9. The molecule has 1 N–H and O–H groups in total. The van der Waals surface area contributed by atoms with E-state index in [9.17, 15) is 24.3 Å². The fourth-order valence-electron chi connectivity index (χ4n) is 6.35. The second-order valence-electron chi connectivity index (χ2n) is 14.7. The molecule has 3 aromatic rings. The van der Waals surface area contributed by atoms with Crippen LogP contribution in [-0.2, 0) is 38.0 Å². The molecule has 0 spiro atoms. The van der Waals surface area contributed by atoms with E-state index in [1.54, 1.807) is 26.0 Å². The summed E-state index contributed by atoms with van der Waals surface area (Å²) in [5.41, 5.74) is 1.24. The SMILES string of the molecule is C.C.C.C.CCC(C)c1ccc(O)c(C(=O)OC)c1.CCC(C)c1ccc(OC(C)OCCOc2ccccc2)c(C(=O)OC)c1.CCC1(C(=O)OC)COCC(C)(C(=O)OC)C1. The van der Waals surface area contributed by atoms with Crippen LogP contribution in [0.15, 0.2) is 66.7 Å². The van der Waals surface area contributed by atoms with E-state index in [4.69, 9.17) is 33.2 Å². The van der Waals surface area contributed by atoms with Crippen LogP contribution in [0.4, 0.5) is 0 Å². The van der Waals surface area contributed by atoms with Gasteiger partial charge in [0.05, 0.1) is 59.1 Å². The summed E-state index contributed by atoms with van der Waals surface area (Å²) in [7, 11) is 5.36. The zero-order valence-corrected chi connectivity index (χ0v) is 36.6.